The molecule has 1 aliphatic heterocycles. The van der Waals surface area contributed by atoms with E-state index in [1.54, 1.807) is 30.1 Å². The van der Waals surface area contributed by atoms with E-state index in [4.69, 9.17) is 4.74 Å². The molecule has 0 spiro atoms. The average Bonchev–Trinajstić information content (AvgIpc) is 2.64. The molecule has 0 saturated carbocycles. The maximum Gasteiger partial charge on any atom is 0.410 e. The van der Waals surface area contributed by atoms with E-state index < -0.39 is 5.60 Å². The van der Waals surface area contributed by atoms with E-state index in [0.29, 0.717) is 35.5 Å². The molecular weight excluding hydrogens is 370 g/mol. The SMILES string of the molecule is CC1CN(c2cc(=O)n(C)c3ccc(C#N)nc23)C(C)CN1C(=O)OC(C)(C)C. The van der Waals surface area contributed by atoms with E-state index >= 15 is 0 Å². The predicted molar refractivity (Wildman–Crippen MR) is 111 cm³/mol. The fourth-order valence-electron chi connectivity index (χ4n) is 3.63. The monoisotopic (exact) mass is 397 g/mol. The molecule has 2 aromatic rings. The van der Waals surface area contributed by atoms with Gasteiger partial charge in [0.15, 0.2) is 0 Å². The highest BCUT2D eigenvalue weighted by Crippen LogP contribution is 2.29. The van der Waals surface area contributed by atoms with Crippen LogP contribution in [0.25, 0.3) is 11.0 Å². The number of carbonyl (C=O) groups excluding carboxylic acids is 1. The summed E-state index contributed by atoms with van der Waals surface area (Å²) in [6.07, 6.45) is -0.338. The second kappa shape index (κ2) is 7.39. The van der Waals surface area contributed by atoms with Crippen molar-refractivity contribution in [2.75, 3.05) is 18.0 Å². The first kappa shape index (κ1) is 20.6. The van der Waals surface area contributed by atoms with Crippen molar-refractivity contribution in [1.29, 1.82) is 5.26 Å². The van der Waals surface area contributed by atoms with Crippen molar-refractivity contribution >= 4 is 22.8 Å². The molecular formula is C21H27N5O3. The van der Waals surface area contributed by atoms with Crippen molar-refractivity contribution in [3.05, 3.63) is 34.2 Å². The third-order valence-corrected chi connectivity index (χ3v) is 5.11. The predicted octanol–water partition coefficient (Wildman–Crippen LogP) is 2.64. The third kappa shape index (κ3) is 4.04. The molecule has 0 radical (unpaired) electrons. The molecule has 0 N–H and O–H groups in total. The van der Waals surface area contributed by atoms with Crippen LogP contribution in [0.5, 0.6) is 0 Å². The summed E-state index contributed by atoms with van der Waals surface area (Å²) in [5, 5.41) is 9.25. The fourth-order valence-corrected chi connectivity index (χ4v) is 3.63. The number of anilines is 1. The Morgan fingerprint density at radius 2 is 1.93 bits per heavy atom. The molecule has 0 aliphatic carbocycles. The van der Waals surface area contributed by atoms with E-state index in [1.165, 1.54) is 4.57 Å². The number of hydrogen-bond acceptors (Lipinski definition) is 6. The van der Waals surface area contributed by atoms with Gasteiger partial charge in [0.1, 0.15) is 22.9 Å². The first-order valence-electron chi connectivity index (χ1n) is 9.69. The van der Waals surface area contributed by atoms with Crippen molar-refractivity contribution in [2.45, 2.75) is 52.3 Å². The zero-order valence-electron chi connectivity index (χ0n) is 17.8. The van der Waals surface area contributed by atoms with Gasteiger partial charge in [-0.1, -0.05) is 0 Å². The summed E-state index contributed by atoms with van der Waals surface area (Å²) in [4.78, 5) is 33.4. The molecule has 2 atom stereocenters. The Hall–Kier alpha value is -3.08. The summed E-state index contributed by atoms with van der Waals surface area (Å²) in [5.74, 6) is 0. The highest BCUT2D eigenvalue weighted by molar-refractivity contribution is 5.89. The lowest BCUT2D eigenvalue weighted by Crippen LogP contribution is -2.59. The molecule has 3 heterocycles. The van der Waals surface area contributed by atoms with E-state index in [9.17, 15) is 14.9 Å². The molecule has 0 bridgehead atoms. The first-order chi connectivity index (χ1) is 13.5. The molecule has 2 unspecified atom stereocenters. The van der Waals surface area contributed by atoms with E-state index in [2.05, 4.69) is 16.0 Å². The number of ether oxygens (including phenoxy) is 1. The molecule has 1 saturated heterocycles. The number of fused-ring (bicyclic) bond motifs is 1. The lowest BCUT2D eigenvalue weighted by atomic mass is 10.1. The fraction of sp³-hybridized carbons (Fsp3) is 0.524. The normalized spacial score (nSPS) is 19.9. The molecule has 2 aromatic heterocycles. The van der Waals surface area contributed by atoms with E-state index in [1.807, 2.05) is 34.6 Å². The quantitative estimate of drug-likeness (QED) is 0.735. The van der Waals surface area contributed by atoms with Gasteiger partial charge in [0.2, 0.25) is 0 Å². The number of aromatic nitrogens is 2. The minimum atomic E-state index is -0.559. The topological polar surface area (TPSA) is 91.5 Å². The van der Waals surface area contributed by atoms with Crippen LogP contribution in [0.3, 0.4) is 0 Å². The van der Waals surface area contributed by atoms with Crippen LogP contribution in [-0.2, 0) is 11.8 Å². The molecule has 8 heteroatoms. The Kier molecular flexibility index (Phi) is 5.26. The van der Waals surface area contributed by atoms with Gasteiger partial charge in [0.25, 0.3) is 5.56 Å². The van der Waals surface area contributed by atoms with Crippen LogP contribution in [0.15, 0.2) is 23.0 Å². The van der Waals surface area contributed by atoms with Crippen LogP contribution < -0.4 is 10.5 Å². The van der Waals surface area contributed by atoms with Gasteiger partial charge in [-0.15, -0.1) is 0 Å². The van der Waals surface area contributed by atoms with Gasteiger partial charge in [-0.05, 0) is 46.8 Å². The van der Waals surface area contributed by atoms with Crippen LogP contribution in [0.2, 0.25) is 0 Å². The van der Waals surface area contributed by atoms with Gasteiger partial charge >= 0.3 is 6.09 Å². The molecule has 8 nitrogen and oxygen atoms in total. The second-order valence-electron chi connectivity index (χ2n) is 8.59. The Balaban J connectivity index is 1.99. The average molecular weight is 397 g/mol. The number of nitriles is 1. The second-order valence-corrected chi connectivity index (χ2v) is 8.59. The van der Waals surface area contributed by atoms with E-state index in [-0.39, 0.29) is 23.7 Å². The van der Waals surface area contributed by atoms with Crippen molar-refractivity contribution < 1.29 is 9.53 Å². The van der Waals surface area contributed by atoms with Gasteiger partial charge in [-0.25, -0.2) is 9.78 Å². The zero-order valence-corrected chi connectivity index (χ0v) is 17.8. The molecule has 1 amide bonds. The van der Waals surface area contributed by atoms with Crippen LogP contribution >= 0.6 is 0 Å². The largest absolute Gasteiger partial charge is 0.444 e. The van der Waals surface area contributed by atoms with Crippen molar-refractivity contribution in [3.63, 3.8) is 0 Å². The van der Waals surface area contributed by atoms with Gasteiger partial charge in [-0.2, -0.15) is 5.26 Å². The van der Waals surface area contributed by atoms with Crippen LogP contribution in [0.1, 0.15) is 40.3 Å². The van der Waals surface area contributed by atoms with Crippen LogP contribution in [0.4, 0.5) is 10.5 Å². The zero-order chi connectivity index (χ0) is 21.5. The van der Waals surface area contributed by atoms with E-state index in [0.717, 1.165) is 0 Å². The minimum absolute atomic E-state index is 0.0541. The number of hydrogen-bond donors (Lipinski definition) is 0. The number of carbonyl (C=O) groups is 1. The maximum atomic E-state index is 12.6. The summed E-state index contributed by atoms with van der Waals surface area (Å²) in [6, 6.07) is 6.81. The Morgan fingerprint density at radius 1 is 1.24 bits per heavy atom. The molecule has 3 rings (SSSR count). The number of piperazine rings is 1. The lowest BCUT2D eigenvalue weighted by molar-refractivity contribution is 0.0130. The van der Waals surface area contributed by atoms with Crippen LogP contribution in [0, 0.1) is 11.3 Å². The van der Waals surface area contributed by atoms with Crippen LogP contribution in [-0.4, -0.2) is 51.3 Å². The molecule has 1 aliphatic rings. The standard InChI is InChI=1S/C21H27N5O3/c1-13-12-26(20(28)29-21(3,4)5)14(2)11-25(13)17-9-18(27)24(6)16-8-7-15(10-22)23-19(16)17/h7-9,13-14H,11-12H2,1-6H3. The summed E-state index contributed by atoms with van der Waals surface area (Å²) in [7, 11) is 1.69. The number of aryl methyl sites for hydroxylation is 1. The molecule has 0 aromatic carbocycles. The molecule has 29 heavy (non-hydrogen) atoms. The number of amides is 1. The van der Waals surface area contributed by atoms with Gasteiger partial charge < -0.3 is 19.1 Å². The summed E-state index contributed by atoms with van der Waals surface area (Å²) >= 11 is 0. The van der Waals surface area contributed by atoms with Crippen molar-refractivity contribution in [1.82, 2.24) is 14.5 Å². The first-order valence-corrected chi connectivity index (χ1v) is 9.69. The third-order valence-electron chi connectivity index (χ3n) is 5.11. The number of nitrogens with zero attached hydrogens (tertiary/aromatic N) is 5. The van der Waals surface area contributed by atoms with Gasteiger partial charge in [-0.3, -0.25) is 4.79 Å². The minimum Gasteiger partial charge on any atom is -0.444 e. The lowest BCUT2D eigenvalue weighted by Gasteiger charge is -2.45. The Bertz CT molecular complexity index is 1050. The molecule has 1 fully saturated rings. The maximum absolute atomic E-state index is 12.6. The summed E-state index contributed by atoms with van der Waals surface area (Å²) in [6.45, 7) is 10.5. The van der Waals surface area contributed by atoms with Gasteiger partial charge in [0.05, 0.1) is 11.2 Å². The highest BCUT2D eigenvalue weighted by atomic mass is 16.6. The summed E-state index contributed by atoms with van der Waals surface area (Å²) in [5.41, 5.74) is 1.55. The Morgan fingerprint density at radius 3 is 2.55 bits per heavy atom. The molecule has 154 valence electrons. The van der Waals surface area contributed by atoms with Crippen molar-refractivity contribution in [2.24, 2.45) is 7.05 Å². The summed E-state index contributed by atoms with van der Waals surface area (Å²) < 4.78 is 7.06. The smallest absolute Gasteiger partial charge is 0.410 e. The number of pyridine rings is 2. The van der Waals surface area contributed by atoms with Gasteiger partial charge in [0, 0.05) is 38.3 Å². The number of rotatable bonds is 1. The van der Waals surface area contributed by atoms with Crippen molar-refractivity contribution in [3.8, 4) is 6.07 Å². The highest BCUT2D eigenvalue weighted by Gasteiger charge is 2.35. The Labute approximate surface area is 170 Å².